The molecule has 1 aliphatic rings. The van der Waals surface area contributed by atoms with Gasteiger partial charge in [-0.2, -0.15) is 0 Å². The van der Waals surface area contributed by atoms with Crippen LogP contribution in [0.2, 0.25) is 0 Å². The number of ether oxygens (including phenoxy) is 1. The van der Waals surface area contributed by atoms with Gasteiger partial charge >= 0.3 is 0 Å². The van der Waals surface area contributed by atoms with Gasteiger partial charge in [0, 0.05) is 20.8 Å². The van der Waals surface area contributed by atoms with Crippen LogP contribution in [-0.4, -0.2) is 5.90 Å². The molecule has 0 fully saturated rings. The zero-order valence-corrected chi connectivity index (χ0v) is 21.7. The maximum Gasteiger partial charge on any atom is 0.216 e. The molecule has 0 amide bonds. The summed E-state index contributed by atoms with van der Waals surface area (Å²) in [6.07, 6.45) is -0.725. The average molecular weight is 501 g/mol. The minimum atomic E-state index is -0.725. The van der Waals surface area contributed by atoms with Crippen molar-refractivity contribution in [2.45, 2.75) is 35.3 Å². The quantitative estimate of drug-likeness (QED) is 0.148. The third-order valence-corrected chi connectivity index (χ3v) is 8.41. The molecule has 4 heteroatoms. The molecule has 1 unspecified atom stereocenters. The van der Waals surface area contributed by atoms with Crippen LogP contribution in [0.3, 0.4) is 0 Å². The molecule has 5 aromatic carbocycles. The average Bonchev–Trinajstić information content (AvgIpc) is 2.92. The molecule has 0 aromatic heterocycles. The fourth-order valence-corrected chi connectivity index (χ4v) is 6.72. The van der Waals surface area contributed by atoms with Gasteiger partial charge in [0.15, 0.2) is 6.23 Å². The first-order valence-electron chi connectivity index (χ1n) is 12.4. The Morgan fingerprint density at radius 3 is 2.32 bits per heavy atom. The molecule has 3 N–H and O–H groups in total. The highest BCUT2D eigenvalue weighted by Crippen LogP contribution is 2.50. The van der Waals surface area contributed by atoms with Crippen molar-refractivity contribution in [1.82, 2.24) is 0 Å². The number of hydrogen-bond donors (Lipinski definition) is 2. The molecule has 3 nitrogen and oxygen atoms in total. The van der Waals surface area contributed by atoms with Gasteiger partial charge in [0.25, 0.3) is 0 Å². The predicted molar refractivity (Wildman–Crippen MR) is 153 cm³/mol. The molecule has 0 saturated heterocycles. The van der Waals surface area contributed by atoms with Gasteiger partial charge in [-0.25, -0.2) is 0 Å². The fourth-order valence-electron chi connectivity index (χ4n) is 5.28. The monoisotopic (exact) mass is 500 g/mol. The van der Waals surface area contributed by atoms with Crippen LogP contribution < -0.4 is 5.73 Å². The highest BCUT2D eigenvalue weighted by Gasteiger charge is 2.33. The van der Waals surface area contributed by atoms with E-state index in [2.05, 4.69) is 74.5 Å². The standard InChI is InChI=1S/C33H28N2OS/c1-33(2)26-14-8-9-15-28(26)37-29-20-23(17-19-27(29)33)25-18-16-21-10-6-7-13-24(21)30(25)32(35)36-31(34)22-11-4-3-5-12-22/h3-20,31,35H,34H2,1-2H3. The molecule has 1 atom stereocenters. The first-order valence-corrected chi connectivity index (χ1v) is 13.3. The maximum absolute atomic E-state index is 9.02. The molecule has 0 spiro atoms. The Morgan fingerprint density at radius 1 is 0.784 bits per heavy atom. The van der Waals surface area contributed by atoms with Crippen LogP contribution in [0.15, 0.2) is 119 Å². The van der Waals surface area contributed by atoms with Gasteiger partial charge in [0.05, 0.1) is 5.56 Å². The van der Waals surface area contributed by atoms with E-state index in [-0.39, 0.29) is 11.3 Å². The van der Waals surface area contributed by atoms with E-state index in [4.69, 9.17) is 15.9 Å². The molecule has 37 heavy (non-hydrogen) atoms. The van der Waals surface area contributed by atoms with E-state index in [1.807, 2.05) is 60.3 Å². The predicted octanol–water partition coefficient (Wildman–Crippen LogP) is 8.30. The second kappa shape index (κ2) is 9.22. The van der Waals surface area contributed by atoms with Gasteiger partial charge in [0.2, 0.25) is 5.90 Å². The van der Waals surface area contributed by atoms with Crippen molar-refractivity contribution in [2.75, 3.05) is 0 Å². The Kier molecular flexibility index (Phi) is 5.86. The molecule has 0 saturated carbocycles. The topological polar surface area (TPSA) is 59.1 Å². The number of fused-ring (bicyclic) bond motifs is 3. The summed E-state index contributed by atoms with van der Waals surface area (Å²) in [7, 11) is 0. The molecule has 6 rings (SSSR count). The van der Waals surface area contributed by atoms with E-state index in [0.717, 1.165) is 33.0 Å². The first-order chi connectivity index (χ1) is 17.9. The van der Waals surface area contributed by atoms with Crippen molar-refractivity contribution in [2.24, 2.45) is 5.73 Å². The smallest absolute Gasteiger partial charge is 0.216 e. The SMILES string of the molecule is CC1(C)c2ccccc2Sc2cc(-c3ccc4ccccc4c3C(=N)OC(N)c3ccccc3)ccc21. The Morgan fingerprint density at radius 2 is 1.49 bits per heavy atom. The van der Waals surface area contributed by atoms with E-state index in [1.54, 1.807) is 0 Å². The number of nitrogens with one attached hydrogen (secondary N) is 1. The lowest BCUT2D eigenvalue weighted by atomic mass is 9.77. The van der Waals surface area contributed by atoms with E-state index >= 15 is 0 Å². The van der Waals surface area contributed by atoms with E-state index in [9.17, 15) is 0 Å². The van der Waals surface area contributed by atoms with Crippen molar-refractivity contribution in [3.05, 3.63) is 131 Å². The molecule has 0 aliphatic carbocycles. The van der Waals surface area contributed by atoms with Gasteiger partial charge in [-0.05, 0) is 45.2 Å². The lowest BCUT2D eigenvalue weighted by Crippen LogP contribution is -2.23. The van der Waals surface area contributed by atoms with Crippen LogP contribution in [0.1, 0.15) is 42.3 Å². The summed E-state index contributed by atoms with van der Waals surface area (Å²) in [6.45, 7) is 4.58. The highest BCUT2D eigenvalue weighted by atomic mass is 32.2. The summed E-state index contributed by atoms with van der Waals surface area (Å²) in [5.74, 6) is 0.0687. The number of benzene rings is 5. The summed E-state index contributed by atoms with van der Waals surface area (Å²) < 4.78 is 6.04. The third kappa shape index (κ3) is 4.12. The molecule has 1 heterocycles. The highest BCUT2D eigenvalue weighted by molar-refractivity contribution is 7.99. The van der Waals surface area contributed by atoms with Gasteiger partial charge in [-0.1, -0.05) is 123 Å². The summed E-state index contributed by atoms with van der Waals surface area (Å²) in [5, 5.41) is 11.1. The molecular weight excluding hydrogens is 472 g/mol. The maximum atomic E-state index is 9.02. The van der Waals surface area contributed by atoms with E-state index in [1.165, 1.54) is 20.9 Å². The second-order valence-electron chi connectivity index (χ2n) is 9.92. The molecule has 5 aromatic rings. The lowest BCUT2D eigenvalue weighted by Gasteiger charge is -2.34. The first kappa shape index (κ1) is 23.5. The number of nitrogens with two attached hydrogens (primary N) is 1. The molecule has 0 radical (unpaired) electrons. The Balaban J connectivity index is 1.46. The van der Waals surface area contributed by atoms with Crippen molar-refractivity contribution >= 4 is 28.4 Å². The van der Waals surface area contributed by atoms with Crippen LogP contribution in [0.4, 0.5) is 0 Å². The largest absolute Gasteiger partial charge is 0.454 e. The van der Waals surface area contributed by atoms with Crippen LogP contribution in [0.5, 0.6) is 0 Å². The van der Waals surface area contributed by atoms with Gasteiger partial charge < -0.3 is 4.74 Å². The Hall–Kier alpha value is -3.86. The fraction of sp³-hybridized carbons (Fsp3) is 0.121. The summed E-state index contributed by atoms with van der Waals surface area (Å²) in [5.41, 5.74) is 12.6. The van der Waals surface area contributed by atoms with Crippen molar-refractivity contribution in [1.29, 1.82) is 5.41 Å². The van der Waals surface area contributed by atoms with Crippen molar-refractivity contribution in [3.8, 4) is 11.1 Å². The molecular formula is C33H28N2OS. The number of rotatable bonds is 4. The second-order valence-corrected chi connectivity index (χ2v) is 11.0. The summed E-state index contributed by atoms with van der Waals surface area (Å²) >= 11 is 1.81. The van der Waals surface area contributed by atoms with E-state index in [0.29, 0.717) is 0 Å². The van der Waals surface area contributed by atoms with Gasteiger partial charge in [0.1, 0.15) is 0 Å². The minimum Gasteiger partial charge on any atom is -0.454 e. The normalized spacial score (nSPS) is 14.5. The summed E-state index contributed by atoms with van der Waals surface area (Å²) in [6, 6.07) is 37.3. The summed E-state index contributed by atoms with van der Waals surface area (Å²) in [4.78, 5) is 2.54. The van der Waals surface area contributed by atoms with Gasteiger partial charge in [-0.15, -0.1) is 0 Å². The van der Waals surface area contributed by atoms with Crippen LogP contribution in [0.25, 0.3) is 21.9 Å². The minimum absolute atomic E-state index is 0.0687. The number of hydrogen-bond acceptors (Lipinski definition) is 4. The van der Waals surface area contributed by atoms with Crippen LogP contribution in [-0.2, 0) is 10.2 Å². The third-order valence-electron chi connectivity index (χ3n) is 7.28. The lowest BCUT2D eigenvalue weighted by molar-refractivity contribution is 0.199. The Labute approximate surface area is 221 Å². The zero-order valence-electron chi connectivity index (χ0n) is 20.9. The Bertz CT molecular complexity index is 1640. The molecule has 1 aliphatic heterocycles. The van der Waals surface area contributed by atoms with E-state index < -0.39 is 6.23 Å². The van der Waals surface area contributed by atoms with Crippen LogP contribution >= 0.6 is 11.8 Å². The van der Waals surface area contributed by atoms with Crippen molar-refractivity contribution in [3.63, 3.8) is 0 Å². The molecule has 0 bridgehead atoms. The van der Waals surface area contributed by atoms with Gasteiger partial charge in [-0.3, -0.25) is 11.1 Å². The van der Waals surface area contributed by atoms with Crippen molar-refractivity contribution < 1.29 is 4.74 Å². The zero-order chi connectivity index (χ0) is 25.6. The molecule has 182 valence electrons. The van der Waals surface area contributed by atoms with Crippen LogP contribution in [0, 0.1) is 5.41 Å².